The molecule has 10 heteroatoms. The minimum Gasteiger partial charge on any atom is -0.490 e. The van der Waals surface area contributed by atoms with Crippen molar-refractivity contribution >= 4 is 46.5 Å². The lowest BCUT2D eigenvalue weighted by Crippen LogP contribution is -2.46. The molecule has 2 aliphatic rings. The van der Waals surface area contributed by atoms with Crippen molar-refractivity contribution in [3.05, 3.63) is 63.0 Å². The highest BCUT2D eigenvalue weighted by Gasteiger charge is 2.37. The van der Waals surface area contributed by atoms with E-state index >= 15 is 0 Å². The van der Waals surface area contributed by atoms with E-state index in [2.05, 4.69) is 0 Å². The number of aryl methyl sites for hydroxylation is 1. The van der Waals surface area contributed by atoms with Crippen LogP contribution in [0.2, 0.25) is 5.02 Å². The van der Waals surface area contributed by atoms with Crippen molar-refractivity contribution < 1.29 is 28.6 Å². The molecule has 2 saturated heterocycles. The first-order valence-corrected chi connectivity index (χ1v) is 12.8. The van der Waals surface area contributed by atoms with Crippen molar-refractivity contribution in [3.8, 4) is 11.5 Å². The first kappa shape index (κ1) is 26.1. The number of thioether (sulfide) groups is 1. The third-order valence-electron chi connectivity index (χ3n) is 5.66. The molecule has 0 saturated carbocycles. The van der Waals surface area contributed by atoms with E-state index in [1.807, 2.05) is 38.1 Å². The average Bonchev–Trinajstić information content (AvgIpc) is 3.12. The maximum Gasteiger partial charge on any atom is 0.294 e. The fourth-order valence-corrected chi connectivity index (χ4v) is 4.86. The Kier molecular flexibility index (Phi) is 8.56. The molecule has 8 nitrogen and oxygen atoms in total. The van der Waals surface area contributed by atoms with Gasteiger partial charge in [-0.2, -0.15) is 0 Å². The zero-order chi connectivity index (χ0) is 25.7. The number of carbonyl (C=O) groups excluding carboxylic acids is 3. The van der Waals surface area contributed by atoms with Crippen molar-refractivity contribution in [2.45, 2.75) is 20.5 Å². The summed E-state index contributed by atoms with van der Waals surface area (Å²) >= 11 is 7.32. The van der Waals surface area contributed by atoms with Crippen molar-refractivity contribution in [3.63, 3.8) is 0 Å². The number of nitrogens with zero attached hydrogens (tertiary/aromatic N) is 2. The molecule has 36 heavy (non-hydrogen) atoms. The van der Waals surface area contributed by atoms with Crippen LogP contribution in [0, 0.1) is 6.92 Å². The van der Waals surface area contributed by atoms with E-state index in [4.69, 9.17) is 25.8 Å². The molecule has 2 heterocycles. The summed E-state index contributed by atoms with van der Waals surface area (Å²) in [5.74, 6) is 0.0459. The summed E-state index contributed by atoms with van der Waals surface area (Å²) in [4.78, 5) is 40.7. The summed E-state index contributed by atoms with van der Waals surface area (Å²) in [5.41, 5.74) is 2.73. The van der Waals surface area contributed by atoms with Crippen LogP contribution in [0.25, 0.3) is 6.08 Å². The SMILES string of the molecule is CCOc1cc(/C=C2/SC(=O)N(CC(=O)N3CCOCC3)C2=O)cc(Cl)c1OCc1ccc(C)cc1. The highest BCUT2D eigenvalue weighted by Crippen LogP contribution is 2.39. The van der Waals surface area contributed by atoms with E-state index in [-0.39, 0.29) is 17.4 Å². The zero-order valence-corrected chi connectivity index (χ0v) is 21.7. The summed E-state index contributed by atoms with van der Waals surface area (Å²) < 4.78 is 17.0. The topological polar surface area (TPSA) is 85.4 Å². The number of hydrogen-bond donors (Lipinski definition) is 0. The molecule has 190 valence electrons. The van der Waals surface area contributed by atoms with Gasteiger partial charge < -0.3 is 19.1 Å². The van der Waals surface area contributed by atoms with Crippen molar-refractivity contribution in [1.82, 2.24) is 9.80 Å². The number of benzene rings is 2. The van der Waals surface area contributed by atoms with Gasteiger partial charge in [0.05, 0.1) is 29.7 Å². The van der Waals surface area contributed by atoms with E-state index in [0.29, 0.717) is 61.6 Å². The maximum absolute atomic E-state index is 12.9. The molecular weight excluding hydrogens is 504 g/mol. The second kappa shape index (κ2) is 11.8. The lowest BCUT2D eigenvalue weighted by atomic mass is 10.1. The first-order valence-electron chi connectivity index (χ1n) is 11.6. The largest absolute Gasteiger partial charge is 0.490 e. The number of halogens is 1. The first-order chi connectivity index (χ1) is 17.4. The van der Waals surface area contributed by atoms with E-state index in [0.717, 1.165) is 27.8 Å². The third kappa shape index (κ3) is 6.21. The number of morpholine rings is 1. The predicted molar refractivity (Wildman–Crippen MR) is 138 cm³/mol. The Bertz CT molecular complexity index is 1180. The molecule has 4 rings (SSSR count). The van der Waals surface area contributed by atoms with Crippen LogP contribution >= 0.6 is 23.4 Å². The molecule has 0 bridgehead atoms. The molecule has 2 aliphatic heterocycles. The Labute approximate surface area is 219 Å². The quantitative estimate of drug-likeness (QED) is 0.464. The van der Waals surface area contributed by atoms with Crippen LogP contribution in [0.3, 0.4) is 0 Å². The Hall–Kier alpha value is -3.01. The highest BCUT2D eigenvalue weighted by atomic mass is 35.5. The van der Waals surface area contributed by atoms with E-state index in [9.17, 15) is 14.4 Å². The summed E-state index contributed by atoms with van der Waals surface area (Å²) in [7, 11) is 0. The summed E-state index contributed by atoms with van der Waals surface area (Å²) in [5, 5.41) is -0.164. The molecule has 0 radical (unpaired) electrons. The van der Waals surface area contributed by atoms with Crippen molar-refractivity contribution in [1.29, 1.82) is 0 Å². The molecule has 0 unspecified atom stereocenters. The van der Waals surface area contributed by atoms with Gasteiger partial charge in [0, 0.05) is 13.1 Å². The minimum atomic E-state index is -0.514. The van der Waals surface area contributed by atoms with Crippen LogP contribution < -0.4 is 9.47 Å². The molecule has 0 N–H and O–H groups in total. The normalized spacial score (nSPS) is 17.1. The number of hydrogen-bond acceptors (Lipinski definition) is 7. The van der Waals surface area contributed by atoms with Gasteiger partial charge in [-0.25, -0.2) is 0 Å². The fraction of sp³-hybridized carbons (Fsp3) is 0.346. The number of imide groups is 1. The van der Waals surface area contributed by atoms with Crippen LogP contribution in [0.1, 0.15) is 23.6 Å². The van der Waals surface area contributed by atoms with Crippen LogP contribution in [0.5, 0.6) is 11.5 Å². The fourth-order valence-electron chi connectivity index (χ4n) is 3.75. The van der Waals surface area contributed by atoms with Gasteiger partial charge >= 0.3 is 0 Å². The molecule has 2 fully saturated rings. The van der Waals surface area contributed by atoms with E-state index in [1.54, 1.807) is 23.1 Å². The van der Waals surface area contributed by atoms with Crippen LogP contribution in [0.4, 0.5) is 4.79 Å². The van der Waals surface area contributed by atoms with Gasteiger partial charge in [-0.15, -0.1) is 0 Å². The monoisotopic (exact) mass is 530 g/mol. The summed E-state index contributed by atoms with van der Waals surface area (Å²) in [6.45, 7) is 6.06. The second-order valence-corrected chi connectivity index (χ2v) is 9.70. The van der Waals surface area contributed by atoms with Gasteiger partial charge in [-0.1, -0.05) is 41.4 Å². The van der Waals surface area contributed by atoms with Crippen LogP contribution in [-0.4, -0.2) is 66.3 Å². The summed E-state index contributed by atoms with van der Waals surface area (Å²) in [6, 6.07) is 11.4. The minimum absolute atomic E-state index is 0.210. The predicted octanol–water partition coefficient (Wildman–Crippen LogP) is 4.52. The van der Waals surface area contributed by atoms with Crippen LogP contribution in [-0.2, 0) is 20.9 Å². The number of ether oxygens (including phenoxy) is 3. The molecule has 0 spiro atoms. The standard InChI is InChI=1S/C26H27ClN2O6S/c1-3-34-21-13-19(12-20(27)24(21)35-16-18-6-4-17(2)5-7-18)14-22-25(31)29(26(32)36-22)15-23(30)28-8-10-33-11-9-28/h4-7,12-14H,3,8-11,15-16H2,1-2H3/b22-14+. The van der Waals surface area contributed by atoms with Gasteiger partial charge in [0.2, 0.25) is 5.91 Å². The molecule has 0 aromatic heterocycles. The number of carbonyl (C=O) groups is 3. The Balaban J connectivity index is 1.50. The van der Waals surface area contributed by atoms with Crippen LogP contribution in [0.15, 0.2) is 41.3 Å². The van der Waals surface area contributed by atoms with Crippen molar-refractivity contribution in [2.75, 3.05) is 39.5 Å². The van der Waals surface area contributed by atoms with Gasteiger partial charge in [-0.05, 0) is 54.9 Å². The smallest absolute Gasteiger partial charge is 0.294 e. The van der Waals surface area contributed by atoms with Crippen molar-refractivity contribution in [2.24, 2.45) is 0 Å². The number of amides is 3. The van der Waals surface area contributed by atoms with Gasteiger partial charge in [0.25, 0.3) is 11.1 Å². The van der Waals surface area contributed by atoms with E-state index < -0.39 is 11.1 Å². The molecule has 0 atom stereocenters. The lowest BCUT2D eigenvalue weighted by Gasteiger charge is -2.28. The summed E-state index contributed by atoms with van der Waals surface area (Å²) in [6.07, 6.45) is 1.57. The Morgan fingerprint density at radius 2 is 1.86 bits per heavy atom. The van der Waals surface area contributed by atoms with Gasteiger partial charge in [0.1, 0.15) is 13.2 Å². The maximum atomic E-state index is 12.9. The lowest BCUT2D eigenvalue weighted by molar-refractivity contribution is -0.139. The Morgan fingerprint density at radius 3 is 2.56 bits per heavy atom. The second-order valence-electron chi connectivity index (χ2n) is 8.30. The van der Waals surface area contributed by atoms with Gasteiger partial charge in [-0.3, -0.25) is 19.3 Å². The molecular formula is C26H27ClN2O6S. The molecule has 0 aliphatic carbocycles. The van der Waals surface area contributed by atoms with Gasteiger partial charge in [0.15, 0.2) is 11.5 Å². The number of rotatable bonds is 8. The third-order valence-corrected chi connectivity index (χ3v) is 6.85. The molecule has 3 amide bonds. The molecule has 2 aromatic rings. The highest BCUT2D eigenvalue weighted by molar-refractivity contribution is 8.18. The zero-order valence-electron chi connectivity index (χ0n) is 20.1. The molecule has 2 aromatic carbocycles. The average molecular weight is 531 g/mol. The van der Waals surface area contributed by atoms with E-state index in [1.165, 1.54) is 0 Å². The Morgan fingerprint density at radius 1 is 1.14 bits per heavy atom.